The van der Waals surface area contributed by atoms with Crippen molar-refractivity contribution in [3.63, 3.8) is 0 Å². The van der Waals surface area contributed by atoms with E-state index in [-0.39, 0.29) is 30.6 Å². The Kier molecular flexibility index (Phi) is 4.66. The molecule has 1 aliphatic rings. The summed E-state index contributed by atoms with van der Waals surface area (Å²) in [4.78, 5) is 30.1. The van der Waals surface area contributed by atoms with E-state index < -0.39 is 0 Å². The summed E-state index contributed by atoms with van der Waals surface area (Å²) in [7, 11) is 1.63. The first kappa shape index (κ1) is 16.3. The molecule has 2 amide bonds. The van der Waals surface area contributed by atoms with Crippen LogP contribution in [0.5, 0.6) is 0 Å². The lowest BCUT2D eigenvalue weighted by Crippen LogP contribution is -2.39. The molecule has 0 N–H and O–H groups in total. The van der Waals surface area contributed by atoms with Crippen LogP contribution in [0.15, 0.2) is 40.9 Å². The van der Waals surface area contributed by atoms with E-state index in [1.807, 2.05) is 0 Å². The van der Waals surface area contributed by atoms with Crippen molar-refractivity contribution in [3.8, 4) is 0 Å². The number of hydrogen-bond donors (Lipinski definition) is 0. The molecule has 8 heteroatoms. The Morgan fingerprint density at radius 1 is 1.33 bits per heavy atom. The Labute approximate surface area is 142 Å². The fraction of sp³-hybridized carbons (Fsp3) is 0.250. The molecule has 0 radical (unpaired) electrons. The van der Waals surface area contributed by atoms with E-state index >= 15 is 0 Å². The van der Waals surface area contributed by atoms with Crippen molar-refractivity contribution in [2.75, 3.05) is 11.9 Å². The summed E-state index contributed by atoms with van der Waals surface area (Å²) in [6, 6.07) is 5.84. The molecule has 0 bridgehead atoms. The summed E-state index contributed by atoms with van der Waals surface area (Å²) in [5.74, 6) is -0.775. The molecular weight excluding hydrogens is 331 g/mol. The number of hydrogen-bond acceptors (Lipinski definition) is 5. The van der Waals surface area contributed by atoms with Gasteiger partial charge in [-0.15, -0.1) is 11.3 Å². The second-order valence-corrected chi connectivity index (χ2v) is 6.18. The highest BCUT2D eigenvalue weighted by Gasteiger charge is 2.27. The highest BCUT2D eigenvalue weighted by molar-refractivity contribution is 7.13. The summed E-state index contributed by atoms with van der Waals surface area (Å²) in [5.41, 5.74) is 1.06. The van der Waals surface area contributed by atoms with Crippen molar-refractivity contribution < 1.29 is 14.0 Å². The molecular formula is C16H15FN4O2S. The molecule has 2 aromatic rings. The quantitative estimate of drug-likeness (QED) is 0.854. The molecule has 124 valence electrons. The zero-order valence-electron chi connectivity index (χ0n) is 13.0. The summed E-state index contributed by atoms with van der Waals surface area (Å²) in [6.07, 6.45) is 2.14. The highest BCUT2D eigenvalue weighted by Crippen LogP contribution is 2.19. The van der Waals surface area contributed by atoms with Crippen LogP contribution in [0.2, 0.25) is 0 Å². The Morgan fingerprint density at radius 3 is 2.75 bits per heavy atom. The number of amides is 2. The largest absolute Gasteiger partial charge is 0.286 e. The van der Waals surface area contributed by atoms with Crippen LogP contribution in [0.4, 0.5) is 9.52 Å². The van der Waals surface area contributed by atoms with Crippen molar-refractivity contribution >= 4 is 34.0 Å². The van der Waals surface area contributed by atoms with Gasteiger partial charge in [-0.05, 0) is 17.7 Å². The number of aromatic nitrogens is 1. The summed E-state index contributed by atoms with van der Waals surface area (Å²) in [5, 5.41) is 7.82. The third-order valence-electron chi connectivity index (χ3n) is 3.61. The maximum Gasteiger partial charge on any atom is 0.276 e. The lowest BCUT2D eigenvalue weighted by molar-refractivity contribution is -0.132. The molecule has 0 spiro atoms. The molecule has 1 aliphatic heterocycles. The first-order valence-corrected chi connectivity index (χ1v) is 8.22. The van der Waals surface area contributed by atoms with Gasteiger partial charge in [0.25, 0.3) is 5.91 Å². The number of benzene rings is 1. The summed E-state index contributed by atoms with van der Waals surface area (Å²) in [6.45, 7) is 0.205. The molecule has 3 rings (SSSR count). The summed E-state index contributed by atoms with van der Waals surface area (Å²) >= 11 is 1.35. The molecule has 0 aliphatic carbocycles. The van der Waals surface area contributed by atoms with Crippen molar-refractivity contribution in [2.45, 2.75) is 19.4 Å². The highest BCUT2D eigenvalue weighted by atomic mass is 32.1. The fourth-order valence-electron chi connectivity index (χ4n) is 2.30. The second kappa shape index (κ2) is 6.88. The number of carbonyl (C=O) groups excluding carboxylic acids is 2. The van der Waals surface area contributed by atoms with Gasteiger partial charge in [0.2, 0.25) is 5.91 Å². The molecule has 0 atom stereocenters. The van der Waals surface area contributed by atoms with Crippen molar-refractivity contribution in [1.82, 2.24) is 9.99 Å². The molecule has 0 unspecified atom stereocenters. The van der Waals surface area contributed by atoms with Crippen LogP contribution in [0.25, 0.3) is 0 Å². The maximum absolute atomic E-state index is 13.0. The third-order valence-corrected chi connectivity index (χ3v) is 4.46. The average Bonchev–Trinajstić information content (AvgIpc) is 3.12. The van der Waals surface area contributed by atoms with Crippen molar-refractivity contribution in [1.29, 1.82) is 0 Å². The smallest absolute Gasteiger partial charge is 0.276 e. The van der Waals surface area contributed by atoms with Crippen LogP contribution in [0.1, 0.15) is 18.4 Å². The molecule has 24 heavy (non-hydrogen) atoms. The van der Waals surface area contributed by atoms with E-state index in [1.54, 1.807) is 30.8 Å². The minimum absolute atomic E-state index is 0.159. The molecule has 6 nitrogen and oxygen atoms in total. The van der Waals surface area contributed by atoms with Gasteiger partial charge < -0.3 is 0 Å². The van der Waals surface area contributed by atoms with Gasteiger partial charge in [-0.25, -0.2) is 14.4 Å². The predicted molar refractivity (Wildman–Crippen MR) is 89.1 cm³/mol. The van der Waals surface area contributed by atoms with E-state index in [9.17, 15) is 14.0 Å². The van der Waals surface area contributed by atoms with Gasteiger partial charge in [0, 0.05) is 31.5 Å². The van der Waals surface area contributed by atoms with E-state index in [4.69, 9.17) is 0 Å². The molecule has 1 aromatic carbocycles. The van der Waals surface area contributed by atoms with Crippen LogP contribution in [-0.2, 0) is 16.1 Å². The SMILES string of the molecule is CN(C(=O)C1=NN(Cc2ccc(F)cc2)C(=O)CC1)c1nccs1. The first-order valence-electron chi connectivity index (χ1n) is 7.34. The molecule has 2 heterocycles. The van der Waals surface area contributed by atoms with Crippen LogP contribution < -0.4 is 4.90 Å². The number of hydrazone groups is 1. The van der Waals surface area contributed by atoms with Crippen LogP contribution in [-0.4, -0.2) is 34.6 Å². The lowest BCUT2D eigenvalue weighted by atomic mass is 10.1. The van der Waals surface area contributed by atoms with Gasteiger partial charge in [0.15, 0.2) is 5.13 Å². The van der Waals surface area contributed by atoms with E-state index in [0.717, 1.165) is 5.56 Å². The van der Waals surface area contributed by atoms with Gasteiger partial charge in [0.05, 0.1) is 6.54 Å². The average molecular weight is 346 g/mol. The lowest BCUT2D eigenvalue weighted by Gasteiger charge is -2.24. The number of thiazole rings is 1. The number of anilines is 1. The Hall–Kier alpha value is -2.61. The van der Waals surface area contributed by atoms with Crippen molar-refractivity contribution in [3.05, 3.63) is 47.2 Å². The van der Waals surface area contributed by atoms with Gasteiger partial charge in [-0.1, -0.05) is 12.1 Å². The van der Waals surface area contributed by atoms with Crippen LogP contribution in [0.3, 0.4) is 0 Å². The van der Waals surface area contributed by atoms with Crippen LogP contribution in [0, 0.1) is 5.82 Å². The van der Waals surface area contributed by atoms with Gasteiger partial charge in [0.1, 0.15) is 11.5 Å². The zero-order valence-corrected chi connectivity index (χ0v) is 13.8. The summed E-state index contributed by atoms with van der Waals surface area (Å²) < 4.78 is 13.0. The topological polar surface area (TPSA) is 65.9 Å². The first-order chi connectivity index (χ1) is 11.5. The molecule has 1 aromatic heterocycles. The van der Waals surface area contributed by atoms with Crippen LogP contribution >= 0.6 is 11.3 Å². The molecule has 0 fully saturated rings. The minimum Gasteiger partial charge on any atom is -0.286 e. The maximum atomic E-state index is 13.0. The van der Waals surface area contributed by atoms with Gasteiger partial charge in [-0.2, -0.15) is 5.10 Å². The number of carbonyl (C=O) groups is 2. The Bertz CT molecular complexity index is 774. The number of rotatable bonds is 4. The third kappa shape index (κ3) is 3.48. The van der Waals surface area contributed by atoms with Crippen molar-refractivity contribution in [2.24, 2.45) is 5.10 Å². The number of halogens is 1. The van der Waals surface area contributed by atoms with Gasteiger partial charge in [-0.3, -0.25) is 14.5 Å². The van der Waals surface area contributed by atoms with E-state index in [0.29, 0.717) is 17.3 Å². The Balaban J connectivity index is 1.77. The minimum atomic E-state index is -0.340. The predicted octanol–water partition coefficient (Wildman–Crippen LogP) is 2.42. The standard InChI is InChI=1S/C16H15FN4O2S/c1-20(16-18-8-9-24-16)15(23)13-6-7-14(22)21(19-13)10-11-2-4-12(17)5-3-11/h2-5,8-9H,6-7,10H2,1H3. The second-order valence-electron chi connectivity index (χ2n) is 5.30. The number of nitrogens with zero attached hydrogens (tertiary/aromatic N) is 4. The normalized spacial score (nSPS) is 14.5. The van der Waals surface area contributed by atoms with E-state index in [1.165, 1.54) is 33.4 Å². The van der Waals surface area contributed by atoms with Gasteiger partial charge >= 0.3 is 0 Å². The molecule has 0 saturated carbocycles. The molecule has 0 saturated heterocycles. The monoisotopic (exact) mass is 346 g/mol. The Morgan fingerprint density at radius 2 is 2.08 bits per heavy atom. The van der Waals surface area contributed by atoms with E-state index in [2.05, 4.69) is 10.1 Å². The zero-order chi connectivity index (χ0) is 17.1. The fourth-order valence-corrected chi connectivity index (χ4v) is 2.91.